The third-order valence-electron chi connectivity index (χ3n) is 2.90. The van der Waals surface area contributed by atoms with Gasteiger partial charge in [-0.1, -0.05) is 12.1 Å². The van der Waals surface area contributed by atoms with Crippen LogP contribution in [0.25, 0.3) is 0 Å². The summed E-state index contributed by atoms with van der Waals surface area (Å²) >= 11 is 3.34. The van der Waals surface area contributed by atoms with Crippen molar-refractivity contribution >= 4 is 33.7 Å². The van der Waals surface area contributed by atoms with Crippen LogP contribution in [0.2, 0.25) is 0 Å². The summed E-state index contributed by atoms with van der Waals surface area (Å²) in [4.78, 5) is 22.2. The van der Waals surface area contributed by atoms with Crippen molar-refractivity contribution < 1.29 is 14.5 Å². The lowest BCUT2D eigenvalue weighted by Crippen LogP contribution is -2.18. The SMILES string of the molecule is COc1ccc(/C=N\NC(=O)c2ccccc2[N+](=O)[O-])cc1Br. The zero-order chi connectivity index (χ0) is 16.8. The number of carbonyl (C=O) groups excluding carboxylic acids is 1. The summed E-state index contributed by atoms with van der Waals surface area (Å²) in [6.45, 7) is 0. The Hall–Kier alpha value is -2.74. The highest BCUT2D eigenvalue weighted by atomic mass is 79.9. The molecule has 0 bridgehead atoms. The molecule has 0 saturated heterocycles. The lowest BCUT2D eigenvalue weighted by molar-refractivity contribution is -0.385. The Morgan fingerprint density at radius 3 is 2.74 bits per heavy atom. The number of methoxy groups -OCH3 is 1. The molecule has 0 unspecified atom stereocenters. The molecular formula is C15H12BrN3O4. The van der Waals surface area contributed by atoms with Gasteiger partial charge in [0.05, 0.1) is 22.7 Å². The second-order valence-corrected chi connectivity index (χ2v) is 5.22. The van der Waals surface area contributed by atoms with Gasteiger partial charge in [0.2, 0.25) is 0 Å². The second kappa shape index (κ2) is 7.50. The first-order chi connectivity index (χ1) is 11.0. The molecule has 2 aromatic rings. The number of hydrazone groups is 1. The van der Waals surface area contributed by atoms with E-state index in [1.807, 2.05) is 0 Å². The molecule has 0 heterocycles. The summed E-state index contributed by atoms with van der Waals surface area (Å²) < 4.78 is 5.86. The standard InChI is InChI=1S/C15H12BrN3O4/c1-23-14-7-6-10(8-12(14)16)9-17-18-15(20)11-4-2-3-5-13(11)19(21)22/h2-9H,1H3,(H,18,20)/b17-9-. The van der Waals surface area contributed by atoms with Crippen LogP contribution >= 0.6 is 15.9 Å². The third kappa shape index (κ3) is 4.13. The minimum Gasteiger partial charge on any atom is -0.496 e. The van der Waals surface area contributed by atoms with E-state index in [1.54, 1.807) is 31.4 Å². The van der Waals surface area contributed by atoms with Gasteiger partial charge in [-0.3, -0.25) is 14.9 Å². The highest BCUT2D eigenvalue weighted by molar-refractivity contribution is 9.10. The van der Waals surface area contributed by atoms with E-state index in [0.29, 0.717) is 5.75 Å². The van der Waals surface area contributed by atoms with E-state index in [9.17, 15) is 14.9 Å². The van der Waals surface area contributed by atoms with Gasteiger partial charge in [0.25, 0.3) is 11.6 Å². The number of nitrogens with one attached hydrogen (secondary N) is 1. The van der Waals surface area contributed by atoms with E-state index in [1.165, 1.54) is 24.4 Å². The number of para-hydroxylation sites is 1. The Kier molecular flexibility index (Phi) is 5.42. The monoisotopic (exact) mass is 377 g/mol. The molecule has 0 fully saturated rings. The van der Waals surface area contributed by atoms with Crippen LogP contribution in [0.4, 0.5) is 5.69 Å². The van der Waals surface area contributed by atoms with Crippen molar-refractivity contribution in [2.24, 2.45) is 5.10 Å². The van der Waals surface area contributed by atoms with Crippen LogP contribution in [0.1, 0.15) is 15.9 Å². The van der Waals surface area contributed by atoms with Crippen molar-refractivity contribution in [2.45, 2.75) is 0 Å². The van der Waals surface area contributed by atoms with Crippen molar-refractivity contribution in [2.75, 3.05) is 7.11 Å². The maximum Gasteiger partial charge on any atom is 0.282 e. The largest absolute Gasteiger partial charge is 0.496 e. The number of rotatable bonds is 5. The van der Waals surface area contributed by atoms with Gasteiger partial charge in [-0.15, -0.1) is 0 Å². The van der Waals surface area contributed by atoms with Crippen LogP contribution in [0.5, 0.6) is 5.75 Å². The molecule has 0 aliphatic heterocycles. The van der Waals surface area contributed by atoms with Gasteiger partial charge in [0.1, 0.15) is 11.3 Å². The van der Waals surface area contributed by atoms with Crippen LogP contribution in [-0.4, -0.2) is 24.2 Å². The van der Waals surface area contributed by atoms with Gasteiger partial charge in [0, 0.05) is 6.07 Å². The van der Waals surface area contributed by atoms with Gasteiger partial charge in [-0.2, -0.15) is 5.10 Å². The van der Waals surface area contributed by atoms with E-state index < -0.39 is 10.8 Å². The Balaban J connectivity index is 2.10. The van der Waals surface area contributed by atoms with E-state index in [4.69, 9.17) is 4.74 Å². The Morgan fingerprint density at radius 2 is 2.09 bits per heavy atom. The van der Waals surface area contributed by atoms with Gasteiger partial charge in [0.15, 0.2) is 0 Å². The quantitative estimate of drug-likeness (QED) is 0.491. The molecule has 2 aromatic carbocycles. The van der Waals surface area contributed by atoms with E-state index in [-0.39, 0.29) is 11.3 Å². The van der Waals surface area contributed by atoms with E-state index in [2.05, 4.69) is 26.5 Å². The fourth-order valence-corrected chi connectivity index (χ4v) is 2.37. The molecule has 7 nitrogen and oxygen atoms in total. The first-order valence-electron chi connectivity index (χ1n) is 6.43. The van der Waals surface area contributed by atoms with E-state index in [0.717, 1.165) is 10.0 Å². The lowest BCUT2D eigenvalue weighted by atomic mass is 10.2. The normalized spacial score (nSPS) is 10.5. The van der Waals surface area contributed by atoms with Crippen LogP contribution in [-0.2, 0) is 0 Å². The van der Waals surface area contributed by atoms with Crippen LogP contribution in [0.3, 0.4) is 0 Å². The molecule has 0 atom stereocenters. The van der Waals surface area contributed by atoms with Gasteiger partial charge in [-0.25, -0.2) is 5.43 Å². The molecule has 0 spiro atoms. The van der Waals surface area contributed by atoms with Crippen LogP contribution in [0.15, 0.2) is 52.0 Å². The molecule has 1 N–H and O–H groups in total. The minimum atomic E-state index is -0.652. The fraction of sp³-hybridized carbons (Fsp3) is 0.0667. The molecular weight excluding hydrogens is 366 g/mol. The third-order valence-corrected chi connectivity index (χ3v) is 3.52. The molecule has 1 amide bonds. The summed E-state index contributed by atoms with van der Waals surface area (Å²) in [5.74, 6) is 0.0206. The number of ether oxygens (including phenoxy) is 1. The summed E-state index contributed by atoms with van der Waals surface area (Å²) in [6, 6.07) is 10.9. The zero-order valence-electron chi connectivity index (χ0n) is 12.0. The number of nitrogens with zero attached hydrogens (tertiary/aromatic N) is 2. The number of hydrogen-bond donors (Lipinski definition) is 1. The summed E-state index contributed by atoms with van der Waals surface area (Å²) in [5, 5.41) is 14.7. The molecule has 0 aromatic heterocycles. The molecule has 0 radical (unpaired) electrons. The van der Waals surface area contributed by atoms with Crippen molar-refractivity contribution in [3.05, 3.63) is 68.2 Å². The number of halogens is 1. The molecule has 8 heteroatoms. The average Bonchev–Trinajstić information content (AvgIpc) is 2.55. The predicted molar refractivity (Wildman–Crippen MR) is 88.9 cm³/mol. The fourth-order valence-electron chi connectivity index (χ4n) is 1.81. The molecule has 23 heavy (non-hydrogen) atoms. The highest BCUT2D eigenvalue weighted by Gasteiger charge is 2.18. The molecule has 0 aliphatic carbocycles. The predicted octanol–water partition coefficient (Wildman–Crippen LogP) is 3.13. The van der Waals surface area contributed by atoms with Gasteiger partial charge in [-0.05, 0) is 45.8 Å². The molecule has 118 valence electrons. The average molecular weight is 378 g/mol. The number of benzene rings is 2. The van der Waals surface area contributed by atoms with Crippen LogP contribution in [0, 0.1) is 10.1 Å². The van der Waals surface area contributed by atoms with Crippen molar-refractivity contribution in [3.8, 4) is 5.75 Å². The number of amides is 1. The summed E-state index contributed by atoms with van der Waals surface area (Å²) in [5.41, 5.74) is 2.67. The van der Waals surface area contributed by atoms with Crippen molar-refractivity contribution in [1.82, 2.24) is 5.43 Å². The van der Waals surface area contributed by atoms with Crippen LogP contribution < -0.4 is 10.2 Å². The van der Waals surface area contributed by atoms with Crippen molar-refractivity contribution in [3.63, 3.8) is 0 Å². The Bertz CT molecular complexity index is 777. The minimum absolute atomic E-state index is 0.0504. The Morgan fingerprint density at radius 1 is 1.35 bits per heavy atom. The Labute approximate surface area is 140 Å². The molecule has 2 rings (SSSR count). The van der Waals surface area contributed by atoms with Gasteiger partial charge >= 0.3 is 0 Å². The number of nitro benzene ring substituents is 1. The maximum absolute atomic E-state index is 12.0. The smallest absolute Gasteiger partial charge is 0.282 e. The lowest BCUT2D eigenvalue weighted by Gasteiger charge is -2.03. The molecule has 0 aliphatic rings. The summed E-state index contributed by atoms with van der Waals surface area (Å²) in [7, 11) is 1.56. The first kappa shape index (κ1) is 16.6. The van der Waals surface area contributed by atoms with Crippen molar-refractivity contribution in [1.29, 1.82) is 0 Å². The summed E-state index contributed by atoms with van der Waals surface area (Å²) in [6.07, 6.45) is 1.43. The number of carbonyl (C=O) groups is 1. The second-order valence-electron chi connectivity index (χ2n) is 4.37. The first-order valence-corrected chi connectivity index (χ1v) is 7.22. The molecule has 0 saturated carbocycles. The zero-order valence-corrected chi connectivity index (χ0v) is 13.6. The maximum atomic E-state index is 12.0. The van der Waals surface area contributed by atoms with Gasteiger partial charge < -0.3 is 4.74 Å². The number of nitro groups is 1. The topological polar surface area (TPSA) is 93.8 Å². The highest BCUT2D eigenvalue weighted by Crippen LogP contribution is 2.24. The van der Waals surface area contributed by atoms with E-state index >= 15 is 0 Å². The number of hydrogen-bond acceptors (Lipinski definition) is 5.